The third-order valence-electron chi connectivity index (χ3n) is 3.49. The fourth-order valence-corrected chi connectivity index (χ4v) is 2.33. The number of rotatable bonds is 7. The fraction of sp³-hybridized carbons (Fsp3) is 1.00. The summed E-state index contributed by atoms with van der Waals surface area (Å²) in [5.41, 5.74) is 0. The first-order valence-electron chi connectivity index (χ1n) is 6.75. The minimum atomic E-state index is 0.660. The molecule has 1 fully saturated rings. The first kappa shape index (κ1) is 13.9. The third kappa shape index (κ3) is 5.28. The normalized spacial score (nSPS) is 20.2. The number of likely N-dealkylation sites (N-methyl/N-ethyl adjacent to an activating group) is 1. The number of nitrogens with zero attached hydrogens (tertiary/aromatic N) is 1. The summed E-state index contributed by atoms with van der Waals surface area (Å²) in [6.45, 7) is 8.65. The van der Waals surface area contributed by atoms with Gasteiger partial charge in [0.05, 0.1) is 0 Å². The lowest BCUT2D eigenvalue weighted by Gasteiger charge is -2.31. The van der Waals surface area contributed by atoms with Crippen molar-refractivity contribution in [2.45, 2.75) is 51.6 Å². The Labute approximate surface area is 101 Å². The highest BCUT2D eigenvalue weighted by atomic mass is 16.5. The zero-order chi connectivity index (χ0) is 11.8. The van der Waals surface area contributed by atoms with E-state index in [9.17, 15) is 0 Å². The molecule has 1 saturated heterocycles. The van der Waals surface area contributed by atoms with Crippen LogP contribution in [0.25, 0.3) is 0 Å². The van der Waals surface area contributed by atoms with Crippen LogP contribution in [-0.2, 0) is 4.74 Å². The molecule has 0 aromatic carbocycles. The Morgan fingerprint density at radius 2 is 2.06 bits per heavy atom. The van der Waals surface area contributed by atoms with Crippen LogP contribution in [0.15, 0.2) is 0 Å². The molecule has 96 valence electrons. The molecule has 1 rings (SSSR count). The van der Waals surface area contributed by atoms with Gasteiger partial charge in [-0.2, -0.15) is 0 Å². The van der Waals surface area contributed by atoms with Crippen LogP contribution in [0.1, 0.15) is 39.5 Å². The summed E-state index contributed by atoms with van der Waals surface area (Å²) in [5, 5.41) is 3.58. The molecule has 0 bridgehead atoms. The topological polar surface area (TPSA) is 24.5 Å². The Morgan fingerprint density at radius 3 is 2.69 bits per heavy atom. The van der Waals surface area contributed by atoms with Crippen molar-refractivity contribution in [1.82, 2.24) is 10.2 Å². The summed E-state index contributed by atoms with van der Waals surface area (Å²) in [7, 11) is 2.24. The summed E-state index contributed by atoms with van der Waals surface area (Å²) in [6, 6.07) is 1.39. The van der Waals surface area contributed by atoms with Crippen molar-refractivity contribution in [3.63, 3.8) is 0 Å². The van der Waals surface area contributed by atoms with Crippen LogP contribution in [0.2, 0.25) is 0 Å². The van der Waals surface area contributed by atoms with E-state index in [0.29, 0.717) is 6.04 Å². The monoisotopic (exact) mass is 228 g/mol. The molecule has 1 aliphatic heterocycles. The van der Waals surface area contributed by atoms with Gasteiger partial charge in [0, 0.05) is 38.4 Å². The third-order valence-corrected chi connectivity index (χ3v) is 3.49. The van der Waals surface area contributed by atoms with E-state index in [1.807, 2.05) is 0 Å². The van der Waals surface area contributed by atoms with E-state index in [4.69, 9.17) is 4.74 Å². The van der Waals surface area contributed by atoms with Gasteiger partial charge in [-0.3, -0.25) is 0 Å². The standard InChI is InChI=1S/C13H28N2O/c1-4-5-12(2)14-8-9-15(3)13-6-10-16-11-7-13/h12-14H,4-11H2,1-3H3. The average Bonchev–Trinajstić information content (AvgIpc) is 2.30. The molecule has 0 saturated carbocycles. The maximum absolute atomic E-state index is 5.38. The summed E-state index contributed by atoms with van der Waals surface area (Å²) in [5.74, 6) is 0. The van der Waals surface area contributed by atoms with Gasteiger partial charge in [-0.15, -0.1) is 0 Å². The van der Waals surface area contributed by atoms with Crippen molar-refractivity contribution < 1.29 is 4.74 Å². The van der Waals surface area contributed by atoms with Crippen molar-refractivity contribution in [2.24, 2.45) is 0 Å². The smallest absolute Gasteiger partial charge is 0.0480 e. The summed E-state index contributed by atoms with van der Waals surface area (Å²) in [6.07, 6.45) is 4.94. The highest BCUT2D eigenvalue weighted by Gasteiger charge is 2.17. The number of hydrogen-bond donors (Lipinski definition) is 1. The molecule has 1 aliphatic rings. The molecular weight excluding hydrogens is 200 g/mol. The Hall–Kier alpha value is -0.120. The van der Waals surface area contributed by atoms with Crippen LogP contribution < -0.4 is 5.32 Å². The second-order valence-electron chi connectivity index (χ2n) is 4.97. The zero-order valence-electron chi connectivity index (χ0n) is 11.2. The highest BCUT2D eigenvalue weighted by molar-refractivity contribution is 4.73. The minimum Gasteiger partial charge on any atom is -0.381 e. The van der Waals surface area contributed by atoms with Gasteiger partial charge in [0.1, 0.15) is 0 Å². The molecule has 0 radical (unpaired) electrons. The molecular formula is C13H28N2O. The van der Waals surface area contributed by atoms with Crippen LogP contribution in [0.3, 0.4) is 0 Å². The Morgan fingerprint density at radius 1 is 1.38 bits per heavy atom. The number of ether oxygens (including phenoxy) is 1. The molecule has 1 N–H and O–H groups in total. The Kier molecular flexibility index (Phi) is 7.01. The van der Waals surface area contributed by atoms with Crippen LogP contribution in [0.4, 0.5) is 0 Å². The second kappa shape index (κ2) is 8.04. The molecule has 0 aromatic heterocycles. The fourth-order valence-electron chi connectivity index (χ4n) is 2.33. The largest absolute Gasteiger partial charge is 0.381 e. The van der Waals surface area contributed by atoms with Crippen LogP contribution in [0.5, 0.6) is 0 Å². The van der Waals surface area contributed by atoms with Crippen molar-refractivity contribution in [3.05, 3.63) is 0 Å². The van der Waals surface area contributed by atoms with Gasteiger partial charge in [0.2, 0.25) is 0 Å². The van der Waals surface area contributed by atoms with Crippen LogP contribution in [0, 0.1) is 0 Å². The molecule has 1 heterocycles. The van der Waals surface area contributed by atoms with Crippen molar-refractivity contribution in [1.29, 1.82) is 0 Å². The van der Waals surface area contributed by atoms with Crippen LogP contribution >= 0.6 is 0 Å². The summed E-state index contributed by atoms with van der Waals surface area (Å²) < 4.78 is 5.38. The van der Waals surface area contributed by atoms with Gasteiger partial charge in [0.25, 0.3) is 0 Å². The molecule has 3 nitrogen and oxygen atoms in total. The van der Waals surface area contributed by atoms with Gasteiger partial charge in [-0.05, 0) is 33.2 Å². The zero-order valence-corrected chi connectivity index (χ0v) is 11.2. The van der Waals surface area contributed by atoms with Crippen molar-refractivity contribution >= 4 is 0 Å². The lowest BCUT2D eigenvalue weighted by molar-refractivity contribution is 0.0432. The molecule has 0 aliphatic carbocycles. The van der Waals surface area contributed by atoms with E-state index in [-0.39, 0.29) is 0 Å². The second-order valence-corrected chi connectivity index (χ2v) is 4.97. The lowest BCUT2D eigenvalue weighted by atomic mass is 10.1. The van der Waals surface area contributed by atoms with E-state index >= 15 is 0 Å². The molecule has 0 amide bonds. The van der Waals surface area contributed by atoms with E-state index in [2.05, 4.69) is 31.1 Å². The van der Waals surface area contributed by atoms with Gasteiger partial charge >= 0.3 is 0 Å². The van der Waals surface area contributed by atoms with E-state index < -0.39 is 0 Å². The summed E-state index contributed by atoms with van der Waals surface area (Å²) >= 11 is 0. The lowest BCUT2D eigenvalue weighted by Crippen LogP contribution is -2.41. The highest BCUT2D eigenvalue weighted by Crippen LogP contribution is 2.11. The molecule has 1 unspecified atom stereocenters. The first-order chi connectivity index (χ1) is 7.74. The molecule has 0 spiro atoms. The predicted octanol–water partition coefficient (Wildman–Crippen LogP) is 1.88. The number of nitrogens with one attached hydrogen (secondary N) is 1. The maximum Gasteiger partial charge on any atom is 0.0480 e. The molecule has 16 heavy (non-hydrogen) atoms. The Bertz CT molecular complexity index is 169. The van der Waals surface area contributed by atoms with E-state index in [1.54, 1.807) is 0 Å². The Balaban J connectivity index is 2.07. The van der Waals surface area contributed by atoms with E-state index in [0.717, 1.165) is 32.3 Å². The average molecular weight is 228 g/mol. The van der Waals surface area contributed by atoms with Gasteiger partial charge in [-0.1, -0.05) is 13.3 Å². The first-order valence-corrected chi connectivity index (χ1v) is 6.75. The molecule has 0 aromatic rings. The number of hydrogen-bond acceptors (Lipinski definition) is 3. The van der Waals surface area contributed by atoms with Crippen molar-refractivity contribution in [3.8, 4) is 0 Å². The quantitative estimate of drug-likeness (QED) is 0.720. The minimum absolute atomic E-state index is 0.660. The van der Waals surface area contributed by atoms with Gasteiger partial charge < -0.3 is 15.0 Å². The SMILES string of the molecule is CCCC(C)NCCN(C)C1CCOCC1. The summed E-state index contributed by atoms with van der Waals surface area (Å²) in [4.78, 5) is 2.48. The maximum atomic E-state index is 5.38. The van der Waals surface area contributed by atoms with Crippen molar-refractivity contribution in [2.75, 3.05) is 33.4 Å². The van der Waals surface area contributed by atoms with Gasteiger partial charge in [0.15, 0.2) is 0 Å². The van der Waals surface area contributed by atoms with Crippen LogP contribution in [-0.4, -0.2) is 50.3 Å². The van der Waals surface area contributed by atoms with E-state index in [1.165, 1.54) is 25.7 Å². The predicted molar refractivity (Wildman–Crippen MR) is 68.8 cm³/mol. The molecule has 3 heteroatoms. The van der Waals surface area contributed by atoms with Gasteiger partial charge in [-0.25, -0.2) is 0 Å². The molecule has 1 atom stereocenters.